The molecule has 0 aliphatic carbocycles. The number of ether oxygens (including phenoxy) is 3. The number of fused-ring (bicyclic) bond motifs is 1. The number of hydrogen-bond acceptors (Lipinski definition) is 8. The number of amides is 2. The van der Waals surface area contributed by atoms with Gasteiger partial charge >= 0.3 is 0 Å². The molecule has 1 atom stereocenters. The summed E-state index contributed by atoms with van der Waals surface area (Å²) in [7, 11) is 1.45. The highest BCUT2D eigenvalue weighted by Gasteiger charge is 2.19. The molecule has 10 heteroatoms. The first kappa shape index (κ1) is 16.6. The lowest BCUT2D eigenvalue weighted by atomic mass is 10.3. The van der Waals surface area contributed by atoms with Gasteiger partial charge in [0.05, 0.1) is 6.54 Å². The van der Waals surface area contributed by atoms with Gasteiger partial charge in [0.2, 0.25) is 12.7 Å². The molecule has 25 heavy (non-hydrogen) atoms. The van der Waals surface area contributed by atoms with Crippen molar-refractivity contribution in [1.82, 2.24) is 20.8 Å². The van der Waals surface area contributed by atoms with E-state index >= 15 is 0 Å². The zero-order valence-corrected chi connectivity index (χ0v) is 13.6. The summed E-state index contributed by atoms with van der Waals surface area (Å²) in [6.45, 7) is 1.75. The van der Waals surface area contributed by atoms with Gasteiger partial charge in [0.15, 0.2) is 17.6 Å². The average molecular weight is 348 g/mol. The first-order valence-corrected chi connectivity index (χ1v) is 7.45. The van der Waals surface area contributed by atoms with Crippen molar-refractivity contribution in [3.8, 4) is 17.2 Å². The molecule has 2 N–H and O–H groups in total. The predicted octanol–water partition coefficient (Wildman–Crippen LogP) is 0.242. The quantitative estimate of drug-likeness (QED) is 0.761. The van der Waals surface area contributed by atoms with Crippen molar-refractivity contribution >= 4 is 11.8 Å². The van der Waals surface area contributed by atoms with Gasteiger partial charge in [-0.25, -0.2) is 0 Å². The summed E-state index contributed by atoms with van der Waals surface area (Å²) in [5.41, 5.74) is 0. The molecular formula is C15H16N4O6. The normalized spacial score (nSPS) is 13.2. The minimum atomic E-state index is -0.762. The average Bonchev–Trinajstić information content (AvgIpc) is 3.27. The van der Waals surface area contributed by atoms with Crippen LogP contribution in [0.1, 0.15) is 23.4 Å². The number of hydrogen-bond donors (Lipinski definition) is 2. The van der Waals surface area contributed by atoms with Crippen molar-refractivity contribution in [1.29, 1.82) is 0 Å². The van der Waals surface area contributed by atoms with Crippen molar-refractivity contribution < 1.29 is 28.3 Å². The molecule has 1 aliphatic heterocycles. The highest BCUT2D eigenvalue weighted by molar-refractivity contribution is 5.89. The van der Waals surface area contributed by atoms with Gasteiger partial charge < -0.3 is 29.4 Å². The molecular weight excluding hydrogens is 332 g/mol. The maximum Gasteiger partial charge on any atom is 0.292 e. The Hall–Kier alpha value is -3.30. The van der Waals surface area contributed by atoms with Crippen LogP contribution in [0.5, 0.6) is 17.2 Å². The molecule has 3 rings (SSSR count). The highest BCUT2D eigenvalue weighted by atomic mass is 16.7. The third-order valence-corrected chi connectivity index (χ3v) is 3.34. The fourth-order valence-corrected chi connectivity index (χ4v) is 2.04. The van der Waals surface area contributed by atoms with E-state index in [1.54, 1.807) is 25.1 Å². The van der Waals surface area contributed by atoms with E-state index in [-0.39, 0.29) is 31.0 Å². The van der Waals surface area contributed by atoms with Crippen molar-refractivity contribution in [2.24, 2.45) is 0 Å². The zero-order valence-electron chi connectivity index (χ0n) is 13.6. The van der Waals surface area contributed by atoms with Gasteiger partial charge in [-0.05, 0) is 19.1 Å². The number of nitrogens with zero attached hydrogens (tertiary/aromatic N) is 2. The van der Waals surface area contributed by atoms with Crippen LogP contribution in [0.3, 0.4) is 0 Å². The summed E-state index contributed by atoms with van der Waals surface area (Å²) < 4.78 is 20.9. The van der Waals surface area contributed by atoms with Crippen LogP contribution in [-0.2, 0) is 11.3 Å². The van der Waals surface area contributed by atoms with E-state index in [0.29, 0.717) is 17.2 Å². The van der Waals surface area contributed by atoms with Crippen molar-refractivity contribution in [3.63, 3.8) is 0 Å². The van der Waals surface area contributed by atoms with Crippen LogP contribution < -0.4 is 24.8 Å². The van der Waals surface area contributed by atoms with Gasteiger partial charge in [0.1, 0.15) is 5.75 Å². The van der Waals surface area contributed by atoms with E-state index in [1.165, 1.54) is 7.05 Å². The van der Waals surface area contributed by atoms with E-state index in [9.17, 15) is 9.59 Å². The minimum absolute atomic E-state index is 0.0162. The summed E-state index contributed by atoms with van der Waals surface area (Å²) in [5, 5.41) is 8.47. The Morgan fingerprint density at radius 1 is 1.32 bits per heavy atom. The lowest BCUT2D eigenvalue weighted by molar-refractivity contribution is -0.127. The van der Waals surface area contributed by atoms with Gasteiger partial charge in [0, 0.05) is 13.1 Å². The van der Waals surface area contributed by atoms with Crippen LogP contribution in [0.25, 0.3) is 0 Å². The van der Waals surface area contributed by atoms with Crippen LogP contribution in [-0.4, -0.2) is 41.9 Å². The molecule has 0 radical (unpaired) electrons. The van der Waals surface area contributed by atoms with Gasteiger partial charge in [0.25, 0.3) is 17.6 Å². The van der Waals surface area contributed by atoms with Crippen LogP contribution in [0.2, 0.25) is 0 Å². The molecule has 2 amide bonds. The Labute approximate surface area is 142 Å². The van der Waals surface area contributed by atoms with Gasteiger partial charge in [-0.1, -0.05) is 5.16 Å². The molecule has 2 aromatic rings. The van der Waals surface area contributed by atoms with Crippen molar-refractivity contribution in [3.05, 3.63) is 29.9 Å². The van der Waals surface area contributed by atoms with Crippen LogP contribution >= 0.6 is 0 Å². The molecule has 0 spiro atoms. The van der Waals surface area contributed by atoms with E-state index in [4.69, 9.17) is 18.7 Å². The summed E-state index contributed by atoms with van der Waals surface area (Å²) in [6.07, 6.45) is -0.762. The summed E-state index contributed by atoms with van der Waals surface area (Å²) in [5.74, 6) is 0.842. The maximum absolute atomic E-state index is 12.1. The predicted molar refractivity (Wildman–Crippen MR) is 82.2 cm³/mol. The molecule has 0 saturated heterocycles. The Morgan fingerprint density at radius 2 is 2.12 bits per heavy atom. The van der Waals surface area contributed by atoms with Gasteiger partial charge in [-0.15, -0.1) is 0 Å². The second-order valence-electron chi connectivity index (χ2n) is 5.08. The molecule has 0 fully saturated rings. The zero-order chi connectivity index (χ0) is 17.8. The van der Waals surface area contributed by atoms with Gasteiger partial charge in [-0.2, -0.15) is 4.98 Å². The number of aromatic nitrogens is 2. The monoisotopic (exact) mass is 348 g/mol. The second kappa shape index (κ2) is 7.07. The largest absolute Gasteiger partial charge is 0.481 e. The first-order chi connectivity index (χ1) is 12.1. The third-order valence-electron chi connectivity index (χ3n) is 3.34. The summed E-state index contributed by atoms with van der Waals surface area (Å²) in [4.78, 5) is 27.3. The fourth-order valence-electron chi connectivity index (χ4n) is 2.04. The smallest absolute Gasteiger partial charge is 0.292 e. The minimum Gasteiger partial charge on any atom is -0.481 e. The second-order valence-corrected chi connectivity index (χ2v) is 5.08. The number of benzene rings is 1. The number of carbonyl (C=O) groups excluding carboxylic acids is 2. The summed E-state index contributed by atoms with van der Waals surface area (Å²) >= 11 is 0. The Balaban J connectivity index is 1.52. The molecule has 0 bridgehead atoms. The van der Waals surface area contributed by atoms with Crippen LogP contribution in [0.4, 0.5) is 0 Å². The number of rotatable bonds is 6. The van der Waals surface area contributed by atoms with Crippen LogP contribution in [0, 0.1) is 0 Å². The number of carbonyl (C=O) groups is 2. The molecule has 1 aliphatic rings. The molecule has 132 valence electrons. The SMILES string of the molecule is CNC(=O)c1noc(CNC(=O)[C@H](C)Oc2ccc3c(c2)OCO3)n1. The molecule has 10 nitrogen and oxygen atoms in total. The molecule has 2 heterocycles. The maximum atomic E-state index is 12.1. The van der Waals surface area contributed by atoms with E-state index in [1.807, 2.05) is 0 Å². The first-order valence-electron chi connectivity index (χ1n) is 7.45. The van der Waals surface area contributed by atoms with Crippen molar-refractivity contribution in [2.75, 3.05) is 13.8 Å². The Bertz CT molecular complexity index is 790. The van der Waals surface area contributed by atoms with Gasteiger partial charge in [-0.3, -0.25) is 9.59 Å². The standard InChI is InChI=1S/C15H16N4O6/c1-8(24-9-3-4-10-11(5-9)23-7-22-10)14(20)17-6-12-18-13(19-25-12)15(21)16-2/h3-5,8H,6-7H2,1-2H3,(H,16,21)(H,17,20)/t8-/m0/s1. The van der Waals surface area contributed by atoms with E-state index < -0.39 is 12.0 Å². The molecule has 0 unspecified atom stereocenters. The molecule has 1 aromatic heterocycles. The van der Waals surface area contributed by atoms with Crippen LogP contribution in [0.15, 0.2) is 22.7 Å². The molecule has 1 aromatic carbocycles. The van der Waals surface area contributed by atoms with E-state index in [2.05, 4.69) is 20.8 Å². The summed E-state index contributed by atoms with van der Waals surface area (Å²) in [6, 6.07) is 5.05. The third kappa shape index (κ3) is 3.79. The van der Waals surface area contributed by atoms with E-state index in [0.717, 1.165) is 0 Å². The fraction of sp³-hybridized carbons (Fsp3) is 0.333. The molecule has 0 saturated carbocycles. The number of nitrogens with one attached hydrogen (secondary N) is 2. The lowest BCUT2D eigenvalue weighted by Crippen LogP contribution is -2.36. The van der Waals surface area contributed by atoms with Crippen molar-refractivity contribution in [2.45, 2.75) is 19.6 Å². The topological polar surface area (TPSA) is 125 Å². The Kier molecular flexibility index (Phi) is 4.68. The Morgan fingerprint density at radius 3 is 2.92 bits per heavy atom. The highest BCUT2D eigenvalue weighted by Crippen LogP contribution is 2.35. The lowest BCUT2D eigenvalue weighted by Gasteiger charge is -2.14.